The predicted octanol–water partition coefficient (Wildman–Crippen LogP) is 3.21. The number of ether oxygens (including phenoxy) is 1. The molecule has 0 amide bonds. The number of nitrogens with one attached hydrogen (secondary N) is 1. The van der Waals surface area contributed by atoms with E-state index in [1.165, 1.54) is 5.56 Å². The van der Waals surface area contributed by atoms with Crippen molar-refractivity contribution in [1.82, 2.24) is 5.32 Å². The predicted molar refractivity (Wildman–Crippen MR) is 79.7 cm³/mol. The summed E-state index contributed by atoms with van der Waals surface area (Å²) in [5.41, 5.74) is 2.33. The lowest BCUT2D eigenvalue weighted by atomic mass is 10.0. The molecular weight excluding hydrogens is 238 g/mol. The highest BCUT2D eigenvalue weighted by Gasteiger charge is 2.12. The van der Waals surface area contributed by atoms with Crippen LogP contribution in [0.1, 0.15) is 50.8 Å². The lowest BCUT2D eigenvalue weighted by Gasteiger charge is -2.19. The van der Waals surface area contributed by atoms with Crippen molar-refractivity contribution in [2.75, 3.05) is 13.2 Å². The molecule has 0 heterocycles. The molecule has 19 heavy (non-hydrogen) atoms. The number of aliphatic hydroxyl groups is 1. The number of hydrogen-bond donors (Lipinski definition) is 2. The second kappa shape index (κ2) is 8.18. The van der Waals surface area contributed by atoms with Crippen LogP contribution >= 0.6 is 0 Å². The fourth-order valence-electron chi connectivity index (χ4n) is 1.90. The van der Waals surface area contributed by atoms with Gasteiger partial charge in [0.25, 0.3) is 0 Å². The van der Waals surface area contributed by atoms with Gasteiger partial charge in [-0.1, -0.05) is 26.0 Å². The number of hydrogen-bond acceptors (Lipinski definition) is 3. The molecule has 0 aromatic heterocycles. The molecule has 2 atom stereocenters. The van der Waals surface area contributed by atoms with Crippen LogP contribution in [0, 0.1) is 6.92 Å². The molecule has 1 rings (SSSR count). The average molecular weight is 265 g/mol. The van der Waals surface area contributed by atoms with Crippen LogP contribution in [0.5, 0.6) is 5.75 Å². The molecule has 0 saturated carbocycles. The van der Waals surface area contributed by atoms with Gasteiger partial charge in [0.1, 0.15) is 12.4 Å². The van der Waals surface area contributed by atoms with E-state index in [-0.39, 0.29) is 6.04 Å². The monoisotopic (exact) mass is 265 g/mol. The summed E-state index contributed by atoms with van der Waals surface area (Å²) >= 11 is 0. The summed E-state index contributed by atoms with van der Waals surface area (Å²) in [5, 5.41) is 13.1. The Balaban J connectivity index is 2.78. The molecule has 0 spiro atoms. The van der Waals surface area contributed by atoms with E-state index in [2.05, 4.69) is 38.2 Å². The van der Waals surface area contributed by atoms with Crippen LogP contribution in [0.25, 0.3) is 0 Å². The van der Waals surface area contributed by atoms with Crippen molar-refractivity contribution in [1.29, 1.82) is 0 Å². The second-order valence-electron chi connectivity index (χ2n) is 5.09. The van der Waals surface area contributed by atoms with Crippen molar-refractivity contribution in [2.24, 2.45) is 0 Å². The highest BCUT2D eigenvalue weighted by Crippen LogP contribution is 2.26. The zero-order valence-electron chi connectivity index (χ0n) is 12.6. The van der Waals surface area contributed by atoms with E-state index in [1.54, 1.807) is 0 Å². The van der Waals surface area contributed by atoms with Crippen molar-refractivity contribution < 1.29 is 9.84 Å². The van der Waals surface area contributed by atoms with Crippen molar-refractivity contribution in [3.63, 3.8) is 0 Å². The van der Waals surface area contributed by atoms with Gasteiger partial charge in [0.2, 0.25) is 0 Å². The maximum absolute atomic E-state index is 9.62. The van der Waals surface area contributed by atoms with E-state index < -0.39 is 6.10 Å². The van der Waals surface area contributed by atoms with Crippen LogP contribution in [0.3, 0.4) is 0 Å². The molecule has 0 bridgehead atoms. The van der Waals surface area contributed by atoms with Gasteiger partial charge < -0.3 is 15.2 Å². The van der Waals surface area contributed by atoms with Crippen LogP contribution in [-0.4, -0.2) is 24.4 Å². The van der Waals surface area contributed by atoms with Crippen LogP contribution in [0.2, 0.25) is 0 Å². The van der Waals surface area contributed by atoms with Crippen LogP contribution in [0.15, 0.2) is 18.2 Å². The normalized spacial score (nSPS) is 14.2. The number of benzene rings is 1. The van der Waals surface area contributed by atoms with E-state index >= 15 is 0 Å². The topological polar surface area (TPSA) is 41.5 Å². The lowest BCUT2D eigenvalue weighted by Crippen LogP contribution is -2.21. The Morgan fingerprint density at radius 1 is 1.32 bits per heavy atom. The first-order valence-electron chi connectivity index (χ1n) is 7.23. The standard InChI is InChI=1S/C16H27NO2/c1-5-9-17-13(4)15-8-7-12(3)10-16(15)19-11-14(18)6-2/h7-8,10,13-14,17-18H,5-6,9,11H2,1-4H3. The average Bonchev–Trinajstić information content (AvgIpc) is 2.42. The smallest absolute Gasteiger partial charge is 0.124 e. The molecule has 2 N–H and O–H groups in total. The summed E-state index contributed by atoms with van der Waals surface area (Å²) < 4.78 is 5.78. The van der Waals surface area contributed by atoms with Crippen molar-refractivity contribution in [3.05, 3.63) is 29.3 Å². The molecule has 2 unspecified atom stereocenters. The minimum absolute atomic E-state index is 0.259. The summed E-state index contributed by atoms with van der Waals surface area (Å²) in [6.45, 7) is 9.65. The van der Waals surface area contributed by atoms with Gasteiger partial charge in [-0.2, -0.15) is 0 Å². The molecule has 3 heteroatoms. The molecule has 0 radical (unpaired) electrons. The van der Waals surface area contributed by atoms with E-state index in [0.717, 1.165) is 24.3 Å². The number of aryl methyl sites for hydroxylation is 1. The van der Waals surface area contributed by atoms with Gasteiger partial charge in [0.05, 0.1) is 6.10 Å². The van der Waals surface area contributed by atoms with Crippen LogP contribution in [-0.2, 0) is 0 Å². The fraction of sp³-hybridized carbons (Fsp3) is 0.625. The maximum Gasteiger partial charge on any atom is 0.124 e. The third-order valence-corrected chi connectivity index (χ3v) is 3.24. The minimum Gasteiger partial charge on any atom is -0.491 e. The fourth-order valence-corrected chi connectivity index (χ4v) is 1.90. The van der Waals surface area contributed by atoms with E-state index in [1.807, 2.05) is 13.0 Å². The Morgan fingerprint density at radius 3 is 2.68 bits per heavy atom. The van der Waals surface area contributed by atoms with Crippen molar-refractivity contribution >= 4 is 0 Å². The van der Waals surface area contributed by atoms with Gasteiger partial charge >= 0.3 is 0 Å². The summed E-state index contributed by atoms with van der Waals surface area (Å²) in [7, 11) is 0. The third kappa shape index (κ3) is 5.21. The highest BCUT2D eigenvalue weighted by molar-refractivity contribution is 5.39. The molecule has 0 fully saturated rings. The van der Waals surface area contributed by atoms with E-state index in [0.29, 0.717) is 13.0 Å². The molecule has 0 saturated heterocycles. The van der Waals surface area contributed by atoms with E-state index in [4.69, 9.17) is 4.74 Å². The quantitative estimate of drug-likeness (QED) is 0.758. The van der Waals surface area contributed by atoms with Gasteiger partial charge in [-0.05, 0) is 44.9 Å². The first-order chi connectivity index (χ1) is 9.08. The van der Waals surface area contributed by atoms with Gasteiger partial charge in [-0.3, -0.25) is 0 Å². The summed E-state index contributed by atoms with van der Waals surface area (Å²) in [6.07, 6.45) is 1.43. The highest BCUT2D eigenvalue weighted by atomic mass is 16.5. The molecule has 1 aromatic carbocycles. The Kier molecular flexibility index (Phi) is 6.89. The largest absolute Gasteiger partial charge is 0.491 e. The molecule has 3 nitrogen and oxygen atoms in total. The Morgan fingerprint density at radius 2 is 2.05 bits per heavy atom. The van der Waals surface area contributed by atoms with Gasteiger partial charge in [-0.15, -0.1) is 0 Å². The Hall–Kier alpha value is -1.06. The summed E-state index contributed by atoms with van der Waals surface area (Å²) in [6, 6.07) is 6.51. The number of rotatable bonds is 8. The lowest BCUT2D eigenvalue weighted by molar-refractivity contribution is 0.103. The minimum atomic E-state index is -0.396. The Labute approximate surface area is 117 Å². The maximum atomic E-state index is 9.62. The van der Waals surface area contributed by atoms with Gasteiger partial charge in [0, 0.05) is 11.6 Å². The third-order valence-electron chi connectivity index (χ3n) is 3.24. The Bertz CT molecular complexity index is 379. The van der Waals surface area contributed by atoms with Gasteiger partial charge in [0.15, 0.2) is 0 Å². The summed E-state index contributed by atoms with van der Waals surface area (Å²) in [5.74, 6) is 0.878. The zero-order valence-corrected chi connectivity index (χ0v) is 12.6. The molecular formula is C16H27NO2. The second-order valence-corrected chi connectivity index (χ2v) is 5.09. The molecule has 0 aliphatic rings. The molecule has 1 aromatic rings. The van der Waals surface area contributed by atoms with E-state index in [9.17, 15) is 5.11 Å². The first kappa shape index (κ1) is 16.0. The van der Waals surface area contributed by atoms with Crippen molar-refractivity contribution in [3.8, 4) is 5.75 Å². The van der Waals surface area contributed by atoms with Gasteiger partial charge in [-0.25, -0.2) is 0 Å². The molecule has 108 valence electrons. The SMILES string of the molecule is CCCNC(C)c1ccc(C)cc1OCC(O)CC. The van der Waals surface area contributed by atoms with Crippen molar-refractivity contribution in [2.45, 2.75) is 52.7 Å². The van der Waals surface area contributed by atoms with Crippen LogP contribution in [0.4, 0.5) is 0 Å². The number of aliphatic hydroxyl groups excluding tert-OH is 1. The molecule has 0 aliphatic carbocycles. The van der Waals surface area contributed by atoms with Crippen LogP contribution < -0.4 is 10.1 Å². The summed E-state index contributed by atoms with van der Waals surface area (Å²) in [4.78, 5) is 0. The zero-order chi connectivity index (χ0) is 14.3. The first-order valence-corrected chi connectivity index (χ1v) is 7.23. The molecule has 0 aliphatic heterocycles.